The van der Waals surface area contributed by atoms with Gasteiger partial charge in [0.25, 0.3) is 0 Å². The molecule has 26 heavy (non-hydrogen) atoms. The number of hydrogen-bond acceptors (Lipinski definition) is 6. The van der Waals surface area contributed by atoms with E-state index < -0.39 is 22.8 Å². The van der Waals surface area contributed by atoms with Gasteiger partial charge < -0.3 is 9.47 Å². The second kappa shape index (κ2) is 11.1. The molecule has 1 rings (SSSR count). The van der Waals surface area contributed by atoms with Gasteiger partial charge in [-0.1, -0.05) is 51.3 Å². The van der Waals surface area contributed by atoms with E-state index in [1.807, 2.05) is 38.1 Å². The molecule has 1 aromatic carbocycles. The van der Waals surface area contributed by atoms with Crippen LogP contribution in [0, 0.1) is 0 Å². The summed E-state index contributed by atoms with van der Waals surface area (Å²) in [7, 11) is 0. The second-order valence-corrected chi connectivity index (χ2v) is 8.25. The van der Waals surface area contributed by atoms with Crippen LogP contribution in [-0.2, 0) is 19.1 Å². The highest BCUT2D eigenvalue weighted by Gasteiger charge is 2.26. The predicted octanol–water partition coefficient (Wildman–Crippen LogP) is 5.43. The molecule has 0 aromatic heterocycles. The fourth-order valence-corrected chi connectivity index (χ4v) is 3.72. The Hall–Kier alpha value is -1.66. The molecule has 4 nitrogen and oxygen atoms in total. The van der Waals surface area contributed by atoms with Crippen LogP contribution in [0.15, 0.2) is 48.6 Å². The van der Waals surface area contributed by atoms with Crippen molar-refractivity contribution in [1.29, 1.82) is 0 Å². The number of hydrogen-bond donors (Lipinski definition) is 0. The Morgan fingerprint density at radius 3 is 1.50 bits per heavy atom. The van der Waals surface area contributed by atoms with Gasteiger partial charge in [0, 0.05) is 22.3 Å². The van der Waals surface area contributed by atoms with Crippen molar-refractivity contribution >= 4 is 35.5 Å². The highest BCUT2D eigenvalue weighted by molar-refractivity contribution is 7.99. The Bertz CT molecular complexity index is 613. The Morgan fingerprint density at radius 2 is 1.23 bits per heavy atom. The second-order valence-electron chi connectivity index (χ2n) is 5.57. The third-order valence-electron chi connectivity index (χ3n) is 3.27. The number of rotatable bonds is 10. The fraction of sp³-hybridized carbons (Fsp3) is 0.400. The molecule has 0 spiro atoms. The molecule has 0 aliphatic heterocycles. The SMILES string of the molecule is C=C(C)C(=O)OC(SCC)c1ccccc1C(OC(=O)C(=C)C)SCC. The van der Waals surface area contributed by atoms with Crippen LogP contribution < -0.4 is 0 Å². The molecule has 2 unspecified atom stereocenters. The van der Waals surface area contributed by atoms with Gasteiger partial charge in [0.15, 0.2) is 10.9 Å². The summed E-state index contributed by atoms with van der Waals surface area (Å²) in [4.78, 5) is 24.1. The van der Waals surface area contributed by atoms with Crippen LogP contribution >= 0.6 is 23.5 Å². The first kappa shape index (κ1) is 22.4. The first-order valence-corrected chi connectivity index (χ1v) is 10.5. The lowest BCUT2D eigenvalue weighted by atomic mass is 10.1. The molecule has 6 heteroatoms. The van der Waals surface area contributed by atoms with E-state index in [2.05, 4.69) is 13.2 Å². The van der Waals surface area contributed by atoms with Gasteiger partial charge in [-0.2, -0.15) is 0 Å². The summed E-state index contributed by atoms with van der Waals surface area (Å²) in [6.07, 6.45) is 0. The number of carbonyl (C=O) groups excluding carboxylic acids is 2. The predicted molar refractivity (Wildman–Crippen MR) is 110 cm³/mol. The minimum atomic E-state index is -0.496. The normalized spacial score (nSPS) is 12.8. The summed E-state index contributed by atoms with van der Waals surface area (Å²) >= 11 is 3.00. The van der Waals surface area contributed by atoms with Crippen molar-refractivity contribution < 1.29 is 19.1 Å². The zero-order chi connectivity index (χ0) is 19.7. The Kier molecular flexibility index (Phi) is 9.59. The molecular weight excluding hydrogens is 368 g/mol. The molecule has 142 valence electrons. The zero-order valence-corrected chi connectivity index (χ0v) is 17.4. The Labute approximate surface area is 164 Å². The highest BCUT2D eigenvalue weighted by atomic mass is 32.2. The molecule has 0 saturated heterocycles. The zero-order valence-electron chi connectivity index (χ0n) is 15.7. The molecule has 0 N–H and O–H groups in total. The molecular formula is C20H26O4S2. The van der Waals surface area contributed by atoms with Crippen LogP contribution in [0.4, 0.5) is 0 Å². The molecule has 1 aromatic rings. The number of carbonyl (C=O) groups is 2. The summed E-state index contributed by atoms with van der Waals surface area (Å²) in [5, 5.41) is 0. The summed E-state index contributed by atoms with van der Waals surface area (Å²) in [6.45, 7) is 14.5. The van der Waals surface area contributed by atoms with E-state index >= 15 is 0 Å². The molecule has 0 aliphatic rings. The van der Waals surface area contributed by atoms with Crippen molar-refractivity contribution in [3.63, 3.8) is 0 Å². The standard InChI is InChI=1S/C20H26O4S2/c1-7-25-19(23-17(21)13(3)4)15-11-9-10-12-16(15)20(26-8-2)24-18(22)14(5)6/h9-12,19-20H,3,5,7-8H2,1-2,4,6H3. The number of ether oxygens (including phenoxy) is 2. The Morgan fingerprint density at radius 1 is 0.885 bits per heavy atom. The lowest BCUT2D eigenvalue weighted by Crippen LogP contribution is -2.15. The van der Waals surface area contributed by atoms with Crippen LogP contribution in [0.5, 0.6) is 0 Å². The van der Waals surface area contributed by atoms with E-state index in [-0.39, 0.29) is 0 Å². The van der Waals surface area contributed by atoms with E-state index in [1.165, 1.54) is 23.5 Å². The van der Waals surface area contributed by atoms with Crippen LogP contribution in [0.2, 0.25) is 0 Å². The monoisotopic (exact) mass is 394 g/mol. The van der Waals surface area contributed by atoms with Crippen LogP contribution in [0.25, 0.3) is 0 Å². The maximum absolute atomic E-state index is 12.0. The highest BCUT2D eigenvalue weighted by Crippen LogP contribution is 2.40. The smallest absolute Gasteiger partial charge is 0.334 e. The van der Waals surface area contributed by atoms with Crippen LogP contribution in [0.1, 0.15) is 49.7 Å². The molecule has 2 atom stereocenters. The van der Waals surface area contributed by atoms with Gasteiger partial charge in [-0.15, -0.1) is 23.5 Å². The quantitative estimate of drug-likeness (QED) is 0.300. The van der Waals surface area contributed by atoms with E-state index in [9.17, 15) is 9.59 Å². The van der Waals surface area contributed by atoms with Gasteiger partial charge in [-0.05, 0) is 25.4 Å². The molecule has 0 radical (unpaired) electrons. The van der Waals surface area contributed by atoms with Crippen LogP contribution in [-0.4, -0.2) is 23.4 Å². The third-order valence-corrected chi connectivity index (χ3v) is 5.24. The fourth-order valence-electron chi connectivity index (χ4n) is 2.01. The van der Waals surface area contributed by atoms with Gasteiger partial charge in [0.05, 0.1) is 0 Å². The summed E-state index contributed by atoms with van der Waals surface area (Å²) in [5.74, 6) is 0.646. The van der Waals surface area contributed by atoms with Gasteiger partial charge in [0.2, 0.25) is 0 Å². The minimum Gasteiger partial charge on any atom is -0.443 e. The molecule has 0 amide bonds. The first-order valence-electron chi connectivity index (χ1n) is 8.36. The summed E-state index contributed by atoms with van der Waals surface area (Å²) < 4.78 is 11.2. The lowest BCUT2D eigenvalue weighted by Gasteiger charge is -2.24. The van der Waals surface area contributed by atoms with Crippen molar-refractivity contribution in [2.45, 2.75) is 38.6 Å². The van der Waals surface area contributed by atoms with Gasteiger partial charge in [0.1, 0.15) is 0 Å². The number of esters is 2. The number of benzene rings is 1. The number of thioether (sulfide) groups is 2. The molecule has 0 heterocycles. The van der Waals surface area contributed by atoms with Crippen molar-refractivity contribution in [3.05, 3.63) is 59.7 Å². The van der Waals surface area contributed by atoms with E-state index in [4.69, 9.17) is 9.47 Å². The first-order chi connectivity index (χ1) is 12.3. The minimum absolute atomic E-state index is 0.345. The van der Waals surface area contributed by atoms with Crippen molar-refractivity contribution in [2.75, 3.05) is 11.5 Å². The molecule has 0 fully saturated rings. The summed E-state index contributed by atoms with van der Waals surface area (Å²) in [6, 6.07) is 7.55. The van der Waals surface area contributed by atoms with E-state index in [1.54, 1.807) is 13.8 Å². The third kappa shape index (κ3) is 6.57. The molecule has 0 aliphatic carbocycles. The van der Waals surface area contributed by atoms with Gasteiger partial charge in [-0.25, -0.2) is 9.59 Å². The Balaban J connectivity index is 3.25. The summed E-state index contributed by atoms with van der Waals surface area (Å²) in [5.41, 5.74) is 1.33. The van der Waals surface area contributed by atoms with Crippen LogP contribution in [0.3, 0.4) is 0 Å². The topological polar surface area (TPSA) is 52.6 Å². The van der Waals surface area contributed by atoms with Crippen molar-refractivity contribution in [1.82, 2.24) is 0 Å². The average Bonchev–Trinajstić information content (AvgIpc) is 2.60. The van der Waals surface area contributed by atoms with E-state index in [0.29, 0.717) is 11.1 Å². The maximum Gasteiger partial charge on any atom is 0.334 e. The molecule has 0 saturated carbocycles. The largest absolute Gasteiger partial charge is 0.443 e. The van der Waals surface area contributed by atoms with Gasteiger partial charge in [-0.3, -0.25) is 0 Å². The van der Waals surface area contributed by atoms with Gasteiger partial charge >= 0.3 is 11.9 Å². The maximum atomic E-state index is 12.0. The average molecular weight is 395 g/mol. The van der Waals surface area contributed by atoms with E-state index in [0.717, 1.165) is 22.6 Å². The molecule has 0 bridgehead atoms. The lowest BCUT2D eigenvalue weighted by molar-refractivity contribution is -0.142. The van der Waals surface area contributed by atoms with Crippen molar-refractivity contribution in [3.8, 4) is 0 Å². The van der Waals surface area contributed by atoms with Crippen molar-refractivity contribution in [2.24, 2.45) is 0 Å².